The summed E-state index contributed by atoms with van der Waals surface area (Å²) < 4.78 is 10.6. The van der Waals surface area contributed by atoms with Crippen LogP contribution in [0, 0.1) is 0 Å². The predicted octanol–water partition coefficient (Wildman–Crippen LogP) is 5.85. The smallest absolute Gasteiger partial charge is 0.344 e. The van der Waals surface area contributed by atoms with E-state index in [0.29, 0.717) is 27.5 Å². The van der Waals surface area contributed by atoms with Crippen molar-refractivity contribution in [2.45, 2.75) is 32.6 Å². The molecule has 0 atom stereocenters. The van der Waals surface area contributed by atoms with Crippen LogP contribution in [0.5, 0.6) is 5.75 Å². The molecule has 0 radical (unpaired) electrons. The average molecular weight is 357 g/mol. The second kappa shape index (κ2) is 7.75. The van der Waals surface area contributed by atoms with Gasteiger partial charge in [0.15, 0.2) is 0 Å². The van der Waals surface area contributed by atoms with E-state index in [1.807, 2.05) is 36.4 Å². The van der Waals surface area contributed by atoms with Crippen molar-refractivity contribution in [3.8, 4) is 16.9 Å². The Morgan fingerprint density at radius 2 is 1.88 bits per heavy atom. The number of fused-ring (bicyclic) bond motifs is 1. The number of rotatable bonds is 6. The molecule has 3 rings (SSSR count). The first-order valence-electron chi connectivity index (χ1n) is 8.53. The van der Waals surface area contributed by atoms with Gasteiger partial charge >= 0.3 is 5.63 Å². The van der Waals surface area contributed by atoms with Gasteiger partial charge in [-0.25, -0.2) is 4.79 Å². The van der Waals surface area contributed by atoms with Crippen LogP contribution in [-0.4, -0.2) is 7.11 Å². The van der Waals surface area contributed by atoms with Crippen molar-refractivity contribution in [3.63, 3.8) is 0 Å². The molecule has 0 amide bonds. The summed E-state index contributed by atoms with van der Waals surface area (Å²) in [6.07, 6.45) is 4.54. The van der Waals surface area contributed by atoms with E-state index in [0.717, 1.165) is 18.2 Å². The second-order valence-electron chi connectivity index (χ2n) is 6.12. The molecule has 1 aromatic heterocycles. The lowest BCUT2D eigenvalue weighted by atomic mass is 10.0. The summed E-state index contributed by atoms with van der Waals surface area (Å²) >= 11 is 6.45. The highest BCUT2D eigenvalue weighted by Crippen LogP contribution is 2.30. The molecule has 25 heavy (non-hydrogen) atoms. The molecule has 3 nitrogen and oxygen atoms in total. The van der Waals surface area contributed by atoms with Gasteiger partial charge in [0.2, 0.25) is 0 Å². The van der Waals surface area contributed by atoms with E-state index in [4.69, 9.17) is 20.8 Å². The summed E-state index contributed by atoms with van der Waals surface area (Å²) in [7, 11) is 1.58. The minimum absolute atomic E-state index is 0.401. The minimum atomic E-state index is -0.401. The van der Waals surface area contributed by atoms with Crippen molar-refractivity contribution in [1.82, 2.24) is 0 Å². The third kappa shape index (κ3) is 3.88. The fourth-order valence-corrected chi connectivity index (χ4v) is 3.22. The number of methoxy groups -OCH3 is 1. The third-order valence-electron chi connectivity index (χ3n) is 4.34. The monoisotopic (exact) mass is 356 g/mol. The van der Waals surface area contributed by atoms with Crippen molar-refractivity contribution >= 4 is 22.6 Å². The summed E-state index contributed by atoms with van der Waals surface area (Å²) in [5.74, 6) is 0.651. The Hall–Kier alpha value is -2.26. The van der Waals surface area contributed by atoms with Crippen molar-refractivity contribution in [1.29, 1.82) is 0 Å². The maximum atomic E-state index is 12.4. The first-order chi connectivity index (χ1) is 12.1. The fourth-order valence-electron chi connectivity index (χ4n) is 2.92. The summed E-state index contributed by atoms with van der Waals surface area (Å²) in [4.78, 5) is 12.4. The lowest BCUT2D eigenvalue weighted by Gasteiger charge is -2.08. The van der Waals surface area contributed by atoms with Gasteiger partial charge in [-0.3, -0.25) is 0 Å². The first kappa shape index (κ1) is 17.6. The van der Waals surface area contributed by atoms with Crippen LogP contribution in [-0.2, 0) is 6.42 Å². The van der Waals surface area contributed by atoms with E-state index >= 15 is 0 Å². The summed E-state index contributed by atoms with van der Waals surface area (Å²) in [5.41, 5.74) is 2.47. The Kier molecular flexibility index (Phi) is 5.44. The van der Waals surface area contributed by atoms with Gasteiger partial charge < -0.3 is 9.15 Å². The molecule has 4 heteroatoms. The fraction of sp³-hybridized carbons (Fsp3) is 0.286. The lowest BCUT2D eigenvalue weighted by molar-refractivity contribution is 0.414. The maximum Gasteiger partial charge on any atom is 0.344 e. The zero-order valence-corrected chi connectivity index (χ0v) is 15.2. The number of hydrogen-bond acceptors (Lipinski definition) is 3. The largest absolute Gasteiger partial charge is 0.497 e. The van der Waals surface area contributed by atoms with Gasteiger partial charge in [-0.15, -0.1) is 0 Å². The average Bonchev–Trinajstić information content (AvgIpc) is 2.61. The molecule has 0 N–H and O–H groups in total. The standard InChI is InChI=1S/C21H21ClO3/c1-3-4-5-6-14-7-10-17(19(22)11-14)18-12-15-8-9-16(24-2)13-20(15)25-21(18)23/h7-13H,3-6H2,1-2H3. The van der Waals surface area contributed by atoms with E-state index in [2.05, 4.69) is 6.92 Å². The molecule has 0 fully saturated rings. The summed E-state index contributed by atoms with van der Waals surface area (Å²) in [6.45, 7) is 2.19. The summed E-state index contributed by atoms with van der Waals surface area (Å²) in [6, 6.07) is 13.1. The molecular weight excluding hydrogens is 336 g/mol. The van der Waals surface area contributed by atoms with E-state index < -0.39 is 5.63 Å². The molecule has 0 spiro atoms. The molecule has 0 saturated heterocycles. The Morgan fingerprint density at radius 3 is 2.60 bits per heavy atom. The molecule has 130 valence electrons. The molecule has 0 aliphatic heterocycles. The SMILES string of the molecule is CCCCCc1ccc(-c2cc3ccc(OC)cc3oc2=O)c(Cl)c1. The van der Waals surface area contributed by atoms with E-state index in [1.54, 1.807) is 13.2 Å². The third-order valence-corrected chi connectivity index (χ3v) is 4.65. The van der Waals surface area contributed by atoms with E-state index in [1.165, 1.54) is 18.4 Å². The van der Waals surface area contributed by atoms with Crippen LogP contribution in [0.1, 0.15) is 31.7 Å². The molecule has 0 bridgehead atoms. The molecule has 2 aromatic carbocycles. The lowest BCUT2D eigenvalue weighted by Crippen LogP contribution is -2.03. The van der Waals surface area contributed by atoms with Gasteiger partial charge in [-0.05, 0) is 42.7 Å². The maximum absolute atomic E-state index is 12.4. The summed E-state index contributed by atoms with van der Waals surface area (Å²) in [5, 5.41) is 1.41. The van der Waals surface area contributed by atoms with Gasteiger partial charge in [-0.1, -0.05) is 43.5 Å². The molecule has 0 saturated carbocycles. The number of benzene rings is 2. The Morgan fingerprint density at radius 1 is 1.04 bits per heavy atom. The van der Waals surface area contributed by atoms with Gasteiger partial charge in [0, 0.05) is 22.0 Å². The molecular formula is C21H21ClO3. The highest BCUT2D eigenvalue weighted by molar-refractivity contribution is 6.33. The van der Waals surface area contributed by atoms with Crippen LogP contribution in [0.3, 0.4) is 0 Å². The number of halogens is 1. The Labute approximate surface area is 152 Å². The highest BCUT2D eigenvalue weighted by atomic mass is 35.5. The van der Waals surface area contributed by atoms with Crippen LogP contribution >= 0.6 is 11.6 Å². The molecule has 3 aromatic rings. The van der Waals surface area contributed by atoms with Crippen LogP contribution in [0.2, 0.25) is 5.02 Å². The van der Waals surface area contributed by atoms with Crippen LogP contribution in [0.15, 0.2) is 51.7 Å². The number of ether oxygens (including phenoxy) is 1. The predicted molar refractivity (Wildman–Crippen MR) is 103 cm³/mol. The van der Waals surface area contributed by atoms with Gasteiger partial charge in [0.25, 0.3) is 0 Å². The number of unbranched alkanes of at least 4 members (excludes halogenated alkanes) is 2. The van der Waals surface area contributed by atoms with Crippen molar-refractivity contribution in [2.75, 3.05) is 7.11 Å². The normalized spacial score (nSPS) is 11.0. The molecule has 1 heterocycles. The van der Waals surface area contributed by atoms with Crippen LogP contribution in [0.4, 0.5) is 0 Å². The Balaban J connectivity index is 1.98. The number of aryl methyl sites for hydroxylation is 1. The second-order valence-corrected chi connectivity index (χ2v) is 6.53. The van der Waals surface area contributed by atoms with E-state index in [-0.39, 0.29) is 0 Å². The zero-order chi connectivity index (χ0) is 17.8. The quantitative estimate of drug-likeness (QED) is 0.410. The van der Waals surface area contributed by atoms with Crippen molar-refractivity contribution < 1.29 is 9.15 Å². The Bertz CT molecular complexity index is 944. The molecule has 0 aliphatic rings. The van der Waals surface area contributed by atoms with Crippen LogP contribution in [0.25, 0.3) is 22.1 Å². The molecule has 0 unspecified atom stereocenters. The van der Waals surface area contributed by atoms with Gasteiger partial charge in [0.05, 0.1) is 12.7 Å². The highest BCUT2D eigenvalue weighted by Gasteiger charge is 2.12. The molecule has 0 aliphatic carbocycles. The zero-order valence-electron chi connectivity index (χ0n) is 14.5. The van der Waals surface area contributed by atoms with Crippen LogP contribution < -0.4 is 10.4 Å². The minimum Gasteiger partial charge on any atom is -0.497 e. The van der Waals surface area contributed by atoms with Gasteiger partial charge in [0.1, 0.15) is 11.3 Å². The van der Waals surface area contributed by atoms with Gasteiger partial charge in [-0.2, -0.15) is 0 Å². The topological polar surface area (TPSA) is 39.4 Å². The van der Waals surface area contributed by atoms with Crippen molar-refractivity contribution in [3.05, 3.63) is 63.5 Å². The van der Waals surface area contributed by atoms with E-state index in [9.17, 15) is 4.79 Å². The first-order valence-corrected chi connectivity index (χ1v) is 8.91. The van der Waals surface area contributed by atoms with Crippen molar-refractivity contribution in [2.24, 2.45) is 0 Å². The number of hydrogen-bond donors (Lipinski definition) is 0.